The van der Waals surface area contributed by atoms with Crippen LogP contribution in [0.4, 0.5) is 0 Å². The summed E-state index contributed by atoms with van der Waals surface area (Å²) >= 11 is 13.9. The minimum atomic E-state index is -1.02. The second-order valence-corrected chi connectivity index (χ2v) is 5.79. The number of aryl methyl sites for hydroxylation is 1. The lowest BCUT2D eigenvalue weighted by atomic mass is 10.2. The Labute approximate surface area is 124 Å². The second kappa shape index (κ2) is 5.57. The predicted molar refractivity (Wildman–Crippen MR) is 78.9 cm³/mol. The first kappa shape index (κ1) is 14.4. The van der Waals surface area contributed by atoms with Crippen LogP contribution in [0.1, 0.15) is 18.9 Å². The number of hydrogen-bond acceptors (Lipinski definition) is 3. The zero-order chi connectivity index (χ0) is 14.2. The van der Waals surface area contributed by atoms with Crippen LogP contribution in [0.5, 0.6) is 5.75 Å². The number of ether oxygens (including phenoxy) is 1. The molecule has 1 aromatic carbocycles. The zero-order valence-corrected chi connectivity index (χ0v) is 12.7. The molecule has 2 aromatic rings. The van der Waals surface area contributed by atoms with Gasteiger partial charge < -0.3 is 9.84 Å². The zero-order valence-electron chi connectivity index (χ0n) is 10.4. The molecule has 0 aliphatic rings. The summed E-state index contributed by atoms with van der Waals surface area (Å²) in [6, 6.07) is 1.75. The van der Waals surface area contributed by atoms with Gasteiger partial charge >= 0.3 is 5.97 Å². The number of rotatable bonds is 4. The molecule has 0 saturated heterocycles. The van der Waals surface area contributed by atoms with Crippen molar-refractivity contribution in [3.05, 3.63) is 27.1 Å². The van der Waals surface area contributed by atoms with Crippen molar-refractivity contribution >= 4 is 50.6 Å². The predicted octanol–water partition coefficient (Wildman–Crippen LogP) is 4.76. The van der Waals surface area contributed by atoms with E-state index in [-0.39, 0.29) is 5.02 Å². The molecule has 0 amide bonds. The van der Waals surface area contributed by atoms with Crippen molar-refractivity contribution in [2.24, 2.45) is 0 Å². The molecule has 0 fully saturated rings. The Morgan fingerprint density at radius 1 is 1.47 bits per heavy atom. The quantitative estimate of drug-likeness (QED) is 0.884. The number of carboxylic acid groups (broad SMARTS) is 1. The third-order valence-corrected chi connectivity index (χ3v) is 4.92. The first-order valence-corrected chi connectivity index (χ1v) is 7.34. The van der Waals surface area contributed by atoms with Gasteiger partial charge in [-0.2, -0.15) is 0 Å². The van der Waals surface area contributed by atoms with E-state index in [0.29, 0.717) is 17.2 Å². The van der Waals surface area contributed by atoms with Crippen LogP contribution >= 0.6 is 34.5 Å². The van der Waals surface area contributed by atoms with Crippen LogP contribution < -0.4 is 4.74 Å². The lowest BCUT2D eigenvalue weighted by Gasteiger charge is -2.15. The van der Waals surface area contributed by atoms with Gasteiger partial charge in [0.2, 0.25) is 0 Å². The third kappa shape index (κ3) is 2.66. The van der Waals surface area contributed by atoms with Crippen LogP contribution in [-0.4, -0.2) is 17.2 Å². The van der Waals surface area contributed by atoms with E-state index < -0.39 is 12.1 Å². The van der Waals surface area contributed by atoms with Crippen molar-refractivity contribution in [3.8, 4) is 5.75 Å². The molecule has 3 nitrogen and oxygen atoms in total. The maximum absolute atomic E-state index is 11.0. The second-order valence-electron chi connectivity index (χ2n) is 4.15. The molecular weight excluding hydrogens is 307 g/mol. The molecule has 2 rings (SSSR count). The highest BCUT2D eigenvalue weighted by atomic mass is 35.5. The molecule has 0 aliphatic carbocycles. The number of carboxylic acids is 1. The largest absolute Gasteiger partial charge is 0.479 e. The van der Waals surface area contributed by atoms with Crippen LogP contribution in [0.3, 0.4) is 0 Å². The van der Waals surface area contributed by atoms with E-state index in [1.165, 1.54) is 11.3 Å². The molecule has 1 unspecified atom stereocenters. The van der Waals surface area contributed by atoms with Gasteiger partial charge in [-0.25, -0.2) is 4.79 Å². The van der Waals surface area contributed by atoms with Crippen LogP contribution in [0, 0.1) is 6.92 Å². The van der Waals surface area contributed by atoms with Crippen LogP contribution in [0.2, 0.25) is 10.0 Å². The average Bonchev–Trinajstić information content (AvgIpc) is 2.73. The van der Waals surface area contributed by atoms with E-state index in [4.69, 9.17) is 33.0 Å². The normalized spacial score (nSPS) is 12.6. The summed E-state index contributed by atoms with van der Waals surface area (Å²) in [5.74, 6) is -0.702. The molecule has 0 spiro atoms. The molecule has 0 bridgehead atoms. The number of thiophene rings is 1. The molecule has 102 valence electrons. The Bertz CT molecular complexity index is 636. The fourth-order valence-electron chi connectivity index (χ4n) is 1.75. The molecule has 0 radical (unpaired) electrons. The maximum Gasteiger partial charge on any atom is 0.344 e. The van der Waals surface area contributed by atoms with Crippen LogP contribution in [-0.2, 0) is 4.79 Å². The Hall–Kier alpha value is -0.970. The van der Waals surface area contributed by atoms with Crippen LogP contribution in [0.25, 0.3) is 10.1 Å². The van der Waals surface area contributed by atoms with Gasteiger partial charge in [0, 0.05) is 5.39 Å². The molecule has 1 aromatic heterocycles. The van der Waals surface area contributed by atoms with E-state index in [1.54, 1.807) is 13.0 Å². The Kier molecular flexibility index (Phi) is 4.23. The van der Waals surface area contributed by atoms with E-state index in [1.807, 2.05) is 12.3 Å². The van der Waals surface area contributed by atoms with Gasteiger partial charge in [-0.15, -0.1) is 11.3 Å². The van der Waals surface area contributed by atoms with Gasteiger partial charge in [-0.05, 0) is 30.4 Å². The SMILES string of the molecule is CCC(Oc1cc2c(C)csc2c(Cl)c1Cl)C(=O)O. The monoisotopic (exact) mass is 318 g/mol. The van der Waals surface area contributed by atoms with Gasteiger partial charge in [-0.3, -0.25) is 0 Å². The first-order valence-electron chi connectivity index (χ1n) is 5.71. The lowest BCUT2D eigenvalue weighted by molar-refractivity contribution is -0.145. The number of hydrogen-bond donors (Lipinski definition) is 1. The van der Waals surface area contributed by atoms with Gasteiger partial charge in [0.05, 0.1) is 9.72 Å². The number of aliphatic carboxylic acids is 1. The summed E-state index contributed by atoms with van der Waals surface area (Å²) in [4.78, 5) is 11.0. The van der Waals surface area contributed by atoms with Crippen LogP contribution in [0.15, 0.2) is 11.4 Å². The number of benzene rings is 1. The average molecular weight is 319 g/mol. The van der Waals surface area contributed by atoms with Crippen molar-refractivity contribution < 1.29 is 14.6 Å². The molecule has 19 heavy (non-hydrogen) atoms. The smallest absolute Gasteiger partial charge is 0.344 e. The molecule has 0 saturated carbocycles. The van der Waals surface area contributed by atoms with E-state index >= 15 is 0 Å². The molecular formula is C13H12Cl2O3S. The summed E-state index contributed by atoms with van der Waals surface area (Å²) in [6.45, 7) is 3.70. The molecule has 0 aliphatic heterocycles. The first-order chi connectivity index (χ1) is 8.95. The maximum atomic E-state index is 11.0. The van der Waals surface area contributed by atoms with Crippen molar-refractivity contribution in [2.45, 2.75) is 26.4 Å². The summed E-state index contributed by atoms with van der Waals surface area (Å²) in [7, 11) is 0. The van der Waals surface area contributed by atoms with Crippen molar-refractivity contribution in [1.82, 2.24) is 0 Å². The summed E-state index contributed by atoms with van der Waals surface area (Å²) in [6.07, 6.45) is -0.575. The van der Waals surface area contributed by atoms with Crippen molar-refractivity contribution in [2.75, 3.05) is 0 Å². The molecule has 1 atom stereocenters. The van der Waals surface area contributed by atoms with Crippen molar-refractivity contribution in [3.63, 3.8) is 0 Å². The fourth-order valence-corrected chi connectivity index (χ4v) is 3.30. The Balaban J connectivity index is 2.51. The molecule has 6 heteroatoms. The standard InChI is InChI=1S/C13H12Cl2O3S/c1-3-8(13(16)17)18-9-4-7-6(2)5-19-12(7)11(15)10(9)14/h4-5,8H,3H2,1-2H3,(H,16,17). The van der Waals surface area contributed by atoms with Crippen molar-refractivity contribution in [1.29, 1.82) is 0 Å². The fraction of sp³-hybridized carbons (Fsp3) is 0.308. The third-order valence-electron chi connectivity index (χ3n) is 2.82. The highest BCUT2D eigenvalue weighted by Gasteiger charge is 2.21. The topological polar surface area (TPSA) is 46.5 Å². The number of carbonyl (C=O) groups is 1. The highest BCUT2D eigenvalue weighted by molar-refractivity contribution is 7.18. The van der Waals surface area contributed by atoms with E-state index in [9.17, 15) is 4.79 Å². The van der Waals surface area contributed by atoms with Gasteiger partial charge in [0.1, 0.15) is 10.8 Å². The van der Waals surface area contributed by atoms with Gasteiger partial charge in [0.25, 0.3) is 0 Å². The molecule has 1 N–H and O–H groups in total. The Morgan fingerprint density at radius 2 is 2.16 bits per heavy atom. The minimum Gasteiger partial charge on any atom is -0.479 e. The Morgan fingerprint density at radius 3 is 2.74 bits per heavy atom. The number of halogens is 2. The molecule has 1 heterocycles. The minimum absolute atomic E-state index is 0.260. The van der Waals surface area contributed by atoms with E-state index in [0.717, 1.165) is 15.6 Å². The summed E-state index contributed by atoms with van der Waals surface area (Å²) in [5.41, 5.74) is 1.06. The van der Waals surface area contributed by atoms with E-state index in [2.05, 4.69) is 0 Å². The highest BCUT2D eigenvalue weighted by Crippen LogP contribution is 2.42. The van der Waals surface area contributed by atoms with Gasteiger partial charge in [0.15, 0.2) is 6.10 Å². The summed E-state index contributed by atoms with van der Waals surface area (Å²) < 4.78 is 6.35. The lowest BCUT2D eigenvalue weighted by Crippen LogP contribution is -2.26. The summed E-state index contributed by atoms with van der Waals surface area (Å²) in [5, 5.41) is 12.6. The number of fused-ring (bicyclic) bond motifs is 1. The van der Waals surface area contributed by atoms with Gasteiger partial charge in [-0.1, -0.05) is 30.1 Å².